The number of anilines is 2. The lowest BCUT2D eigenvalue weighted by atomic mass is 9.82. The molecule has 0 unspecified atom stereocenters. The van der Waals surface area contributed by atoms with Crippen LogP contribution in [0.15, 0.2) is 97.1 Å². The number of imidazole rings is 1. The van der Waals surface area contributed by atoms with Gasteiger partial charge in [0.2, 0.25) is 11.9 Å². The Labute approximate surface area is 252 Å². The molecule has 3 heterocycles. The van der Waals surface area contributed by atoms with Crippen molar-refractivity contribution in [2.75, 3.05) is 4.90 Å². The molecule has 4 aromatic carbocycles. The van der Waals surface area contributed by atoms with Crippen molar-refractivity contribution in [2.24, 2.45) is 0 Å². The molecule has 0 amide bonds. The van der Waals surface area contributed by atoms with Crippen LogP contribution >= 0.6 is 0 Å². The Hall–Kier alpha value is -4.84. The molecule has 6 heteroatoms. The minimum absolute atomic E-state index is 0.119. The van der Waals surface area contributed by atoms with Crippen molar-refractivity contribution in [1.82, 2.24) is 24.5 Å². The third-order valence-corrected chi connectivity index (χ3v) is 10.1. The second kappa shape index (κ2) is 8.60. The van der Waals surface area contributed by atoms with E-state index in [2.05, 4.69) is 124 Å². The largest absolute Gasteiger partial charge is 0.302 e. The van der Waals surface area contributed by atoms with Gasteiger partial charge < -0.3 is 4.57 Å². The van der Waals surface area contributed by atoms with Gasteiger partial charge in [0.15, 0.2) is 11.6 Å². The van der Waals surface area contributed by atoms with E-state index in [-0.39, 0.29) is 16.5 Å². The van der Waals surface area contributed by atoms with Crippen LogP contribution in [0.25, 0.3) is 44.9 Å². The number of benzene rings is 4. The lowest BCUT2D eigenvalue weighted by Gasteiger charge is -2.40. The van der Waals surface area contributed by atoms with Crippen LogP contribution in [0.4, 0.5) is 11.9 Å². The lowest BCUT2D eigenvalue weighted by molar-refractivity contribution is 0.251. The minimum Gasteiger partial charge on any atom is -0.302 e. The quantitative estimate of drug-likeness (QED) is 0.216. The number of hydrogen-bond donors (Lipinski definition) is 0. The zero-order valence-corrected chi connectivity index (χ0v) is 25.4. The van der Waals surface area contributed by atoms with Crippen LogP contribution in [-0.2, 0) is 11.0 Å². The van der Waals surface area contributed by atoms with E-state index in [1.54, 1.807) is 0 Å². The van der Waals surface area contributed by atoms with Gasteiger partial charge in [-0.25, -0.2) is 9.97 Å². The number of aromatic nitrogens is 5. The molecule has 8 rings (SSSR count). The van der Waals surface area contributed by atoms with E-state index in [0.29, 0.717) is 17.6 Å². The Balaban J connectivity index is 1.42. The molecule has 2 aliphatic rings. The van der Waals surface area contributed by atoms with E-state index < -0.39 is 0 Å². The third kappa shape index (κ3) is 3.40. The molecule has 0 bridgehead atoms. The number of para-hydroxylation sites is 2. The summed E-state index contributed by atoms with van der Waals surface area (Å²) in [4.78, 5) is 23.0. The molecule has 0 saturated carbocycles. The molecule has 2 aromatic heterocycles. The van der Waals surface area contributed by atoms with Gasteiger partial charge >= 0.3 is 0 Å². The van der Waals surface area contributed by atoms with Crippen molar-refractivity contribution in [3.05, 3.63) is 108 Å². The number of nitrogens with zero attached hydrogens (tertiary/aromatic N) is 6. The Morgan fingerprint density at radius 1 is 0.535 bits per heavy atom. The molecule has 0 N–H and O–H groups in total. The molecular weight excluding hydrogens is 528 g/mol. The van der Waals surface area contributed by atoms with Gasteiger partial charge in [-0.3, -0.25) is 4.90 Å². The van der Waals surface area contributed by atoms with Crippen molar-refractivity contribution in [3.63, 3.8) is 0 Å². The first-order valence-corrected chi connectivity index (χ1v) is 14.9. The van der Waals surface area contributed by atoms with Crippen molar-refractivity contribution >= 4 is 22.9 Å². The van der Waals surface area contributed by atoms with Crippen LogP contribution in [-0.4, -0.2) is 30.0 Å². The fourth-order valence-corrected chi connectivity index (χ4v) is 7.09. The molecule has 0 saturated heterocycles. The maximum atomic E-state index is 5.29. The smallest absolute Gasteiger partial charge is 0.237 e. The zero-order chi connectivity index (χ0) is 29.7. The summed E-state index contributed by atoms with van der Waals surface area (Å²) in [5.74, 6) is 2.75. The predicted molar refractivity (Wildman–Crippen MR) is 174 cm³/mol. The average Bonchev–Trinajstić information content (AvgIpc) is 3.55. The highest BCUT2D eigenvalue weighted by atomic mass is 15.5. The molecule has 43 heavy (non-hydrogen) atoms. The fraction of sp³-hybridized carbons (Fsp3) is 0.243. The fourth-order valence-electron chi connectivity index (χ4n) is 7.09. The number of hydrogen-bond acceptors (Lipinski definition) is 5. The van der Waals surface area contributed by atoms with Crippen LogP contribution in [0.2, 0.25) is 0 Å². The topological polar surface area (TPSA) is 59.7 Å². The summed E-state index contributed by atoms with van der Waals surface area (Å²) in [6.45, 7) is 13.6. The van der Waals surface area contributed by atoms with Crippen LogP contribution in [0, 0.1) is 0 Å². The molecular formula is C37H34N6. The highest BCUT2D eigenvalue weighted by molar-refractivity contribution is 5.91. The van der Waals surface area contributed by atoms with Gasteiger partial charge in [-0.2, -0.15) is 9.97 Å². The van der Waals surface area contributed by atoms with Crippen LogP contribution < -0.4 is 4.90 Å². The van der Waals surface area contributed by atoms with E-state index in [1.807, 2.05) is 24.3 Å². The second-order valence-electron chi connectivity index (χ2n) is 13.2. The Morgan fingerprint density at radius 3 is 2.00 bits per heavy atom. The molecule has 6 aromatic rings. The molecule has 0 atom stereocenters. The summed E-state index contributed by atoms with van der Waals surface area (Å²) in [7, 11) is 0. The summed E-state index contributed by atoms with van der Waals surface area (Å²) >= 11 is 0. The SMILES string of the molecule is CC1(C)c2ccccc2-c2c(-c3nc(-c4ccccc4)nc(N4c5nc6ccccc6n5C(C)(C)C4(C)C)n3)cccc21. The second-order valence-corrected chi connectivity index (χ2v) is 13.2. The lowest BCUT2D eigenvalue weighted by Crippen LogP contribution is -2.51. The maximum absolute atomic E-state index is 5.29. The highest BCUT2D eigenvalue weighted by Crippen LogP contribution is 2.53. The van der Waals surface area contributed by atoms with Gasteiger partial charge in [0.1, 0.15) is 0 Å². The standard InChI is InChI=1S/C37H34N6/c1-35(2)26-19-11-10-17-24(26)30-25(18-14-20-27(30)35)32-39-31(23-15-8-7-9-16-23)40-33(41-32)43-34-38-28-21-12-13-22-29(28)42(34)36(3,4)37(43,5)6/h7-22H,1-6H3. The molecule has 0 spiro atoms. The average molecular weight is 563 g/mol. The van der Waals surface area contributed by atoms with E-state index in [0.717, 1.165) is 28.1 Å². The van der Waals surface area contributed by atoms with Gasteiger partial charge in [0.25, 0.3) is 0 Å². The van der Waals surface area contributed by atoms with Crippen molar-refractivity contribution in [1.29, 1.82) is 0 Å². The molecule has 6 nitrogen and oxygen atoms in total. The first-order chi connectivity index (χ1) is 20.6. The third-order valence-electron chi connectivity index (χ3n) is 10.1. The van der Waals surface area contributed by atoms with Gasteiger partial charge in [0, 0.05) is 16.5 Å². The summed E-state index contributed by atoms with van der Waals surface area (Å²) in [5.41, 5.74) is 8.29. The van der Waals surface area contributed by atoms with Gasteiger partial charge in [-0.15, -0.1) is 0 Å². The molecule has 1 aliphatic carbocycles. The van der Waals surface area contributed by atoms with Gasteiger partial charge in [-0.1, -0.05) is 98.8 Å². The van der Waals surface area contributed by atoms with E-state index in [9.17, 15) is 0 Å². The Morgan fingerprint density at radius 2 is 1.19 bits per heavy atom. The van der Waals surface area contributed by atoms with Crippen LogP contribution in [0.3, 0.4) is 0 Å². The molecule has 0 radical (unpaired) electrons. The van der Waals surface area contributed by atoms with E-state index in [4.69, 9.17) is 19.9 Å². The highest BCUT2D eigenvalue weighted by Gasteiger charge is 2.54. The first kappa shape index (κ1) is 25.8. The Kier molecular flexibility index (Phi) is 5.17. The molecule has 0 fully saturated rings. The predicted octanol–water partition coefficient (Wildman–Crippen LogP) is 8.53. The van der Waals surface area contributed by atoms with Crippen molar-refractivity contribution in [2.45, 2.75) is 58.0 Å². The van der Waals surface area contributed by atoms with Gasteiger partial charge in [0.05, 0.1) is 22.1 Å². The van der Waals surface area contributed by atoms with E-state index in [1.165, 1.54) is 22.3 Å². The maximum Gasteiger partial charge on any atom is 0.237 e. The van der Waals surface area contributed by atoms with Crippen LogP contribution in [0.1, 0.15) is 52.7 Å². The summed E-state index contributed by atoms with van der Waals surface area (Å²) < 4.78 is 2.34. The first-order valence-electron chi connectivity index (χ1n) is 14.9. The van der Waals surface area contributed by atoms with E-state index >= 15 is 0 Å². The molecule has 212 valence electrons. The number of rotatable bonds is 3. The number of fused-ring (bicyclic) bond motifs is 6. The zero-order valence-electron chi connectivity index (χ0n) is 25.4. The minimum atomic E-state index is -0.390. The summed E-state index contributed by atoms with van der Waals surface area (Å²) in [6.07, 6.45) is 0. The summed E-state index contributed by atoms with van der Waals surface area (Å²) in [5, 5.41) is 0. The Bertz CT molecular complexity index is 2070. The van der Waals surface area contributed by atoms with Gasteiger partial charge in [-0.05, 0) is 62.1 Å². The summed E-state index contributed by atoms with van der Waals surface area (Å²) in [6, 6.07) is 33.8. The van der Waals surface area contributed by atoms with Crippen molar-refractivity contribution in [3.8, 4) is 33.9 Å². The monoisotopic (exact) mass is 562 g/mol. The normalized spacial score (nSPS) is 17.1. The molecule has 1 aliphatic heterocycles. The van der Waals surface area contributed by atoms with Crippen molar-refractivity contribution < 1.29 is 0 Å². The van der Waals surface area contributed by atoms with Crippen LogP contribution in [0.5, 0.6) is 0 Å².